The highest BCUT2D eigenvalue weighted by molar-refractivity contribution is 9.10. The Morgan fingerprint density at radius 3 is 2.20 bits per heavy atom. The number of aliphatic carboxylic acids is 2. The minimum atomic E-state index is -5.08. The maximum atomic E-state index is 11.6. The van der Waals surface area contributed by atoms with Gasteiger partial charge in [-0.15, -0.1) is 0 Å². The Labute approximate surface area is 149 Å². The summed E-state index contributed by atoms with van der Waals surface area (Å²) in [5.74, 6) is -3.89. The molecule has 140 valence electrons. The summed E-state index contributed by atoms with van der Waals surface area (Å²) in [6.45, 7) is 1.85. The van der Waals surface area contributed by atoms with E-state index in [-0.39, 0.29) is 25.0 Å². The predicted molar refractivity (Wildman–Crippen MR) is 83.9 cm³/mol. The topological polar surface area (TPSA) is 131 Å². The molecule has 1 aromatic heterocycles. The monoisotopic (exact) mass is 428 g/mol. The molecule has 1 rings (SSSR count). The van der Waals surface area contributed by atoms with Gasteiger partial charge in [0.25, 0.3) is 0 Å². The summed E-state index contributed by atoms with van der Waals surface area (Å²) < 4.78 is 32.6. The van der Waals surface area contributed by atoms with Crippen molar-refractivity contribution in [3.05, 3.63) is 28.0 Å². The van der Waals surface area contributed by atoms with Crippen molar-refractivity contribution >= 4 is 33.7 Å². The van der Waals surface area contributed by atoms with Gasteiger partial charge in [-0.25, -0.2) is 4.79 Å². The summed E-state index contributed by atoms with van der Waals surface area (Å²) in [5.41, 5.74) is 6.84. The lowest BCUT2D eigenvalue weighted by Crippen LogP contribution is -2.30. The average Bonchev–Trinajstić information content (AvgIpc) is 2.48. The number of hydrogen-bond acceptors (Lipinski definition) is 5. The Hall–Kier alpha value is -2.01. The van der Waals surface area contributed by atoms with E-state index in [4.69, 9.17) is 20.7 Å². The van der Waals surface area contributed by atoms with Gasteiger partial charge >= 0.3 is 18.1 Å². The minimum absolute atomic E-state index is 0.0547. The summed E-state index contributed by atoms with van der Waals surface area (Å²) in [4.78, 5) is 35.3. The van der Waals surface area contributed by atoms with Gasteiger partial charge in [0.1, 0.15) is 11.8 Å². The normalized spacial score (nSPS) is 11.9. The largest absolute Gasteiger partial charge is 0.490 e. The summed E-state index contributed by atoms with van der Waals surface area (Å²) in [6, 6.07) is 2.63. The predicted octanol–water partition coefficient (Wildman–Crippen LogP) is 2.09. The number of aryl methyl sites for hydroxylation is 1. The number of rotatable bonds is 6. The molecule has 0 amide bonds. The molecule has 0 aliphatic heterocycles. The minimum Gasteiger partial charge on any atom is -0.480 e. The molecule has 0 unspecified atom stereocenters. The number of alkyl halides is 3. The highest BCUT2D eigenvalue weighted by Gasteiger charge is 2.38. The van der Waals surface area contributed by atoms with Crippen molar-refractivity contribution in [1.82, 2.24) is 4.98 Å². The van der Waals surface area contributed by atoms with Crippen LogP contribution in [0.4, 0.5) is 13.2 Å². The number of carboxylic acid groups (broad SMARTS) is 2. The molecule has 7 nitrogen and oxygen atoms in total. The molecule has 0 aromatic carbocycles. The van der Waals surface area contributed by atoms with Crippen LogP contribution in [0.2, 0.25) is 0 Å². The molecule has 1 heterocycles. The highest BCUT2D eigenvalue weighted by atomic mass is 79.9. The molecule has 11 heteroatoms. The van der Waals surface area contributed by atoms with Crippen LogP contribution in [0.15, 0.2) is 16.6 Å². The standard InChI is InChI=1S/C12H15BrN2O3.C2HF3O2/c1-7-10(13)4-2-8(15-7)6-9(16)3-5-11(14)12(17)18;3-2(4,5)1(6)7/h2,4,11H,3,5-6,14H2,1H3,(H,17,18);(H,6,7)/t11-;/m0./s1. The van der Waals surface area contributed by atoms with Gasteiger partial charge in [0, 0.05) is 23.0 Å². The van der Waals surface area contributed by atoms with E-state index in [1.807, 2.05) is 13.0 Å². The zero-order valence-electron chi connectivity index (χ0n) is 13.0. The van der Waals surface area contributed by atoms with Gasteiger partial charge in [0.15, 0.2) is 0 Å². The maximum Gasteiger partial charge on any atom is 0.490 e. The Morgan fingerprint density at radius 2 is 1.80 bits per heavy atom. The molecule has 0 fully saturated rings. The van der Waals surface area contributed by atoms with E-state index in [1.165, 1.54) is 0 Å². The molecule has 4 N–H and O–H groups in total. The van der Waals surface area contributed by atoms with Gasteiger partial charge in [-0.1, -0.05) is 0 Å². The van der Waals surface area contributed by atoms with Crippen LogP contribution in [0.1, 0.15) is 24.2 Å². The lowest BCUT2D eigenvalue weighted by Gasteiger charge is -2.06. The van der Waals surface area contributed by atoms with Crippen LogP contribution in [-0.2, 0) is 20.8 Å². The number of nitrogens with zero attached hydrogens (tertiary/aromatic N) is 1. The average molecular weight is 429 g/mol. The quantitative estimate of drug-likeness (QED) is 0.631. The Bertz CT molecular complexity index is 637. The lowest BCUT2D eigenvalue weighted by atomic mass is 10.1. The zero-order chi connectivity index (χ0) is 19.8. The van der Waals surface area contributed by atoms with Gasteiger partial charge in [-0.3, -0.25) is 14.6 Å². The third-order valence-electron chi connectivity index (χ3n) is 2.75. The van der Waals surface area contributed by atoms with Crippen LogP contribution in [0, 0.1) is 6.92 Å². The molecular weight excluding hydrogens is 413 g/mol. The van der Waals surface area contributed by atoms with Crippen LogP contribution >= 0.6 is 15.9 Å². The van der Waals surface area contributed by atoms with Crippen LogP contribution in [0.3, 0.4) is 0 Å². The fourth-order valence-electron chi connectivity index (χ4n) is 1.42. The third kappa shape index (κ3) is 9.77. The van der Waals surface area contributed by atoms with Crippen LogP contribution in [0.25, 0.3) is 0 Å². The Balaban J connectivity index is 0.000000697. The summed E-state index contributed by atoms with van der Waals surface area (Å²) in [7, 11) is 0. The van der Waals surface area contributed by atoms with Crippen molar-refractivity contribution < 1.29 is 37.8 Å². The number of carbonyl (C=O) groups is 3. The number of aromatic nitrogens is 1. The smallest absolute Gasteiger partial charge is 0.480 e. The number of Topliss-reactive ketones (excluding diaryl/α,β-unsaturated/α-hetero) is 1. The second kappa shape index (κ2) is 10.1. The molecular formula is C14H16BrF3N2O5. The first kappa shape index (κ1) is 23.0. The first-order valence-electron chi connectivity index (χ1n) is 6.76. The van der Waals surface area contributed by atoms with E-state index in [1.54, 1.807) is 6.07 Å². The number of halogens is 4. The molecule has 0 bridgehead atoms. The third-order valence-corrected chi connectivity index (χ3v) is 3.59. The van der Waals surface area contributed by atoms with Gasteiger partial charge in [-0.05, 0) is 41.4 Å². The van der Waals surface area contributed by atoms with Gasteiger partial charge < -0.3 is 15.9 Å². The lowest BCUT2D eigenvalue weighted by molar-refractivity contribution is -0.192. The molecule has 1 atom stereocenters. The van der Waals surface area contributed by atoms with Crippen molar-refractivity contribution in [2.45, 2.75) is 38.4 Å². The molecule has 25 heavy (non-hydrogen) atoms. The van der Waals surface area contributed by atoms with Crippen molar-refractivity contribution in [3.63, 3.8) is 0 Å². The van der Waals surface area contributed by atoms with Gasteiger partial charge in [-0.2, -0.15) is 13.2 Å². The van der Waals surface area contributed by atoms with Gasteiger partial charge in [0.2, 0.25) is 0 Å². The molecule has 0 spiro atoms. The number of carbonyl (C=O) groups excluding carboxylic acids is 1. The van der Waals surface area contributed by atoms with Crippen molar-refractivity contribution in [2.75, 3.05) is 0 Å². The number of nitrogens with two attached hydrogens (primary N) is 1. The molecule has 0 aliphatic rings. The Morgan fingerprint density at radius 1 is 1.28 bits per heavy atom. The van der Waals surface area contributed by atoms with Gasteiger partial charge in [0.05, 0.1) is 5.69 Å². The van der Waals surface area contributed by atoms with Crippen LogP contribution in [0.5, 0.6) is 0 Å². The van der Waals surface area contributed by atoms with Crippen LogP contribution < -0.4 is 5.73 Å². The molecule has 0 saturated carbocycles. The first-order chi connectivity index (χ1) is 11.3. The van der Waals surface area contributed by atoms with E-state index in [0.717, 1.165) is 10.2 Å². The van der Waals surface area contributed by atoms with Crippen molar-refractivity contribution in [2.24, 2.45) is 5.73 Å². The number of ketones is 1. The maximum absolute atomic E-state index is 11.6. The summed E-state index contributed by atoms with van der Waals surface area (Å²) in [5, 5.41) is 15.7. The fourth-order valence-corrected chi connectivity index (χ4v) is 1.65. The van der Waals surface area contributed by atoms with E-state index >= 15 is 0 Å². The summed E-state index contributed by atoms with van der Waals surface area (Å²) in [6.07, 6.45) is -4.56. The van der Waals surface area contributed by atoms with E-state index in [9.17, 15) is 22.8 Å². The second-order valence-corrected chi connectivity index (χ2v) is 5.73. The van der Waals surface area contributed by atoms with E-state index in [0.29, 0.717) is 5.69 Å². The SMILES string of the molecule is Cc1nc(CC(=O)CC[C@H](N)C(=O)O)ccc1Br.O=C(O)C(F)(F)F. The van der Waals surface area contributed by atoms with Crippen LogP contribution in [-0.4, -0.2) is 45.1 Å². The van der Waals surface area contributed by atoms with Crippen molar-refractivity contribution in [3.8, 4) is 0 Å². The fraction of sp³-hybridized carbons (Fsp3) is 0.429. The molecule has 1 aromatic rings. The second-order valence-electron chi connectivity index (χ2n) is 4.87. The van der Waals surface area contributed by atoms with E-state index in [2.05, 4.69) is 20.9 Å². The van der Waals surface area contributed by atoms with E-state index < -0.39 is 24.2 Å². The number of pyridine rings is 1. The zero-order valence-corrected chi connectivity index (χ0v) is 14.6. The van der Waals surface area contributed by atoms with Crippen molar-refractivity contribution in [1.29, 1.82) is 0 Å². The molecule has 0 radical (unpaired) electrons. The summed E-state index contributed by atoms with van der Waals surface area (Å²) >= 11 is 3.33. The first-order valence-corrected chi connectivity index (χ1v) is 7.56. The molecule has 0 saturated heterocycles. The number of carboxylic acids is 2. The molecule has 0 aliphatic carbocycles. The highest BCUT2D eigenvalue weighted by Crippen LogP contribution is 2.14. The Kier molecular flexibility index (Phi) is 9.28. The number of hydrogen-bond donors (Lipinski definition) is 3.